The molecule has 0 radical (unpaired) electrons. The smallest absolute Gasteiger partial charge is 0.267 e. The average Bonchev–Trinajstić information content (AvgIpc) is 2.46. The maximum Gasteiger partial charge on any atom is 0.267 e. The van der Waals surface area contributed by atoms with Gasteiger partial charge in [0.15, 0.2) is 0 Å². The van der Waals surface area contributed by atoms with E-state index in [1.807, 2.05) is 13.0 Å². The predicted molar refractivity (Wildman–Crippen MR) is 85.2 cm³/mol. The molecule has 22 heavy (non-hydrogen) atoms. The standard InChI is InChI=1S/C15H17ClN4O2/c1-10-3-4-13(16)7-14(10)20-15(22)12(8-17)9-18-5-6-19-11(2)21/h3-4,7,9,18H,5-6H2,1-2H3,(H,19,21)(H,20,22)/b12-9-. The molecule has 0 atom stereocenters. The average molecular weight is 321 g/mol. The van der Waals surface area contributed by atoms with Crippen molar-refractivity contribution in [1.29, 1.82) is 5.26 Å². The van der Waals surface area contributed by atoms with Gasteiger partial charge in [0.25, 0.3) is 5.91 Å². The Hall–Kier alpha value is -2.52. The number of aryl methyl sites for hydroxylation is 1. The molecule has 1 rings (SSSR count). The van der Waals surface area contributed by atoms with E-state index >= 15 is 0 Å². The monoisotopic (exact) mass is 320 g/mol. The summed E-state index contributed by atoms with van der Waals surface area (Å²) in [5.41, 5.74) is 1.33. The Balaban J connectivity index is 2.63. The molecular formula is C15H17ClN4O2. The summed E-state index contributed by atoms with van der Waals surface area (Å²) in [4.78, 5) is 22.7. The SMILES string of the molecule is CC(=O)NCCN/C=C(/C#N)C(=O)Nc1cc(Cl)ccc1C. The fourth-order valence-electron chi connectivity index (χ4n) is 1.55. The number of anilines is 1. The summed E-state index contributed by atoms with van der Waals surface area (Å²) in [5.74, 6) is -0.666. The van der Waals surface area contributed by atoms with Gasteiger partial charge in [0.2, 0.25) is 5.91 Å². The van der Waals surface area contributed by atoms with Gasteiger partial charge < -0.3 is 16.0 Å². The zero-order valence-corrected chi connectivity index (χ0v) is 13.1. The third-order valence-electron chi connectivity index (χ3n) is 2.70. The first kappa shape index (κ1) is 17.5. The van der Waals surface area contributed by atoms with Crippen LogP contribution in [-0.2, 0) is 9.59 Å². The summed E-state index contributed by atoms with van der Waals surface area (Å²) in [6, 6.07) is 6.94. The van der Waals surface area contributed by atoms with Crippen LogP contribution >= 0.6 is 11.6 Å². The fourth-order valence-corrected chi connectivity index (χ4v) is 1.72. The lowest BCUT2D eigenvalue weighted by atomic mass is 10.2. The van der Waals surface area contributed by atoms with Crippen molar-refractivity contribution in [2.24, 2.45) is 0 Å². The number of carbonyl (C=O) groups excluding carboxylic acids is 2. The highest BCUT2D eigenvalue weighted by atomic mass is 35.5. The van der Waals surface area contributed by atoms with Crippen molar-refractivity contribution in [3.05, 3.63) is 40.6 Å². The predicted octanol–water partition coefficient (Wildman–Crippen LogP) is 1.72. The van der Waals surface area contributed by atoms with E-state index in [0.29, 0.717) is 23.8 Å². The molecule has 0 fully saturated rings. The molecule has 1 aromatic rings. The van der Waals surface area contributed by atoms with Crippen molar-refractivity contribution in [2.45, 2.75) is 13.8 Å². The van der Waals surface area contributed by atoms with Crippen molar-refractivity contribution in [2.75, 3.05) is 18.4 Å². The summed E-state index contributed by atoms with van der Waals surface area (Å²) in [6.07, 6.45) is 1.32. The Bertz CT molecular complexity index is 635. The van der Waals surface area contributed by atoms with Crippen LogP contribution in [0.1, 0.15) is 12.5 Å². The van der Waals surface area contributed by atoms with E-state index in [9.17, 15) is 9.59 Å². The molecule has 0 aliphatic heterocycles. The maximum atomic E-state index is 12.0. The van der Waals surface area contributed by atoms with E-state index in [1.54, 1.807) is 18.2 Å². The van der Waals surface area contributed by atoms with Crippen molar-refractivity contribution in [3.8, 4) is 6.07 Å². The number of nitrogens with one attached hydrogen (secondary N) is 3. The molecule has 0 heterocycles. The van der Waals surface area contributed by atoms with Crippen LogP contribution in [0.3, 0.4) is 0 Å². The minimum Gasteiger partial charge on any atom is -0.388 e. The van der Waals surface area contributed by atoms with E-state index in [2.05, 4.69) is 16.0 Å². The van der Waals surface area contributed by atoms with E-state index in [0.717, 1.165) is 5.56 Å². The van der Waals surface area contributed by atoms with Crippen LogP contribution in [-0.4, -0.2) is 24.9 Å². The van der Waals surface area contributed by atoms with Gasteiger partial charge >= 0.3 is 0 Å². The molecule has 0 aromatic heterocycles. The molecule has 0 aliphatic carbocycles. The van der Waals surface area contributed by atoms with Crippen molar-refractivity contribution in [1.82, 2.24) is 10.6 Å². The zero-order chi connectivity index (χ0) is 16.5. The fraction of sp³-hybridized carbons (Fsp3) is 0.267. The Morgan fingerprint density at radius 3 is 2.73 bits per heavy atom. The lowest BCUT2D eigenvalue weighted by Gasteiger charge is -2.08. The number of amides is 2. The van der Waals surface area contributed by atoms with Gasteiger partial charge in [-0.15, -0.1) is 0 Å². The first-order valence-electron chi connectivity index (χ1n) is 6.59. The molecule has 0 spiro atoms. The molecule has 1 aromatic carbocycles. The molecule has 0 saturated carbocycles. The maximum absolute atomic E-state index is 12.0. The first-order chi connectivity index (χ1) is 10.4. The van der Waals surface area contributed by atoms with E-state index in [4.69, 9.17) is 16.9 Å². The topological polar surface area (TPSA) is 94.0 Å². The first-order valence-corrected chi connectivity index (χ1v) is 6.97. The minimum atomic E-state index is -0.528. The highest BCUT2D eigenvalue weighted by molar-refractivity contribution is 6.31. The Morgan fingerprint density at radius 1 is 1.36 bits per heavy atom. The number of nitriles is 1. The van der Waals surface area contributed by atoms with Gasteiger partial charge in [-0.3, -0.25) is 9.59 Å². The summed E-state index contributed by atoms with van der Waals surface area (Å²) >= 11 is 5.88. The largest absolute Gasteiger partial charge is 0.388 e. The molecule has 6 nitrogen and oxygen atoms in total. The van der Waals surface area contributed by atoms with Crippen LogP contribution < -0.4 is 16.0 Å². The molecule has 116 valence electrons. The molecule has 0 unspecified atom stereocenters. The van der Waals surface area contributed by atoms with Gasteiger partial charge in [-0.05, 0) is 24.6 Å². The second-order valence-electron chi connectivity index (χ2n) is 4.52. The molecule has 7 heteroatoms. The number of rotatable bonds is 6. The van der Waals surface area contributed by atoms with Gasteiger partial charge in [-0.1, -0.05) is 17.7 Å². The number of carbonyl (C=O) groups is 2. The molecule has 0 bridgehead atoms. The zero-order valence-electron chi connectivity index (χ0n) is 12.4. The Labute approximate surface area is 134 Å². The minimum absolute atomic E-state index is 0.0674. The molecule has 0 saturated heterocycles. The molecule has 3 N–H and O–H groups in total. The van der Waals surface area contributed by atoms with Crippen LogP contribution in [0.15, 0.2) is 30.0 Å². The van der Waals surface area contributed by atoms with Crippen LogP contribution in [0.2, 0.25) is 5.02 Å². The van der Waals surface area contributed by atoms with E-state index < -0.39 is 5.91 Å². The van der Waals surface area contributed by atoms with Gasteiger partial charge in [0, 0.05) is 36.9 Å². The van der Waals surface area contributed by atoms with E-state index in [1.165, 1.54) is 13.1 Å². The van der Waals surface area contributed by atoms with Gasteiger partial charge in [0.1, 0.15) is 11.6 Å². The molecule has 2 amide bonds. The van der Waals surface area contributed by atoms with Gasteiger partial charge in [-0.25, -0.2) is 0 Å². The quantitative estimate of drug-likeness (QED) is 0.422. The second kappa shape index (κ2) is 8.70. The summed E-state index contributed by atoms with van der Waals surface area (Å²) in [7, 11) is 0. The number of halogens is 1. The van der Waals surface area contributed by atoms with Gasteiger partial charge in [0.05, 0.1) is 0 Å². The van der Waals surface area contributed by atoms with Crippen molar-refractivity contribution in [3.63, 3.8) is 0 Å². The second-order valence-corrected chi connectivity index (χ2v) is 4.96. The molecular weight excluding hydrogens is 304 g/mol. The van der Waals surface area contributed by atoms with Gasteiger partial charge in [-0.2, -0.15) is 5.26 Å². The number of benzene rings is 1. The lowest BCUT2D eigenvalue weighted by molar-refractivity contribution is -0.119. The highest BCUT2D eigenvalue weighted by Crippen LogP contribution is 2.20. The van der Waals surface area contributed by atoms with Crippen LogP contribution in [0.25, 0.3) is 0 Å². The summed E-state index contributed by atoms with van der Waals surface area (Å²) in [5, 5.41) is 17.6. The third-order valence-corrected chi connectivity index (χ3v) is 2.94. The van der Waals surface area contributed by atoms with Crippen LogP contribution in [0.4, 0.5) is 5.69 Å². The number of hydrogen-bond donors (Lipinski definition) is 3. The van der Waals surface area contributed by atoms with E-state index in [-0.39, 0.29) is 11.5 Å². The third kappa shape index (κ3) is 5.85. The van der Waals surface area contributed by atoms with Crippen LogP contribution in [0, 0.1) is 18.3 Å². The highest BCUT2D eigenvalue weighted by Gasteiger charge is 2.10. The Kier molecular flexibility index (Phi) is 6.93. The number of nitrogens with zero attached hydrogens (tertiary/aromatic N) is 1. The van der Waals surface area contributed by atoms with Crippen molar-refractivity contribution < 1.29 is 9.59 Å². The lowest BCUT2D eigenvalue weighted by Crippen LogP contribution is -2.28. The summed E-state index contributed by atoms with van der Waals surface area (Å²) < 4.78 is 0. The summed E-state index contributed by atoms with van der Waals surface area (Å²) in [6.45, 7) is 4.05. The number of hydrogen-bond acceptors (Lipinski definition) is 4. The van der Waals surface area contributed by atoms with Crippen molar-refractivity contribution >= 4 is 29.1 Å². The molecule has 0 aliphatic rings. The van der Waals surface area contributed by atoms with Crippen LogP contribution in [0.5, 0.6) is 0 Å². The Morgan fingerprint density at radius 2 is 2.09 bits per heavy atom. The normalized spacial score (nSPS) is 10.5.